The van der Waals surface area contributed by atoms with Gasteiger partial charge in [-0.25, -0.2) is 0 Å². The molecule has 0 heterocycles. The lowest BCUT2D eigenvalue weighted by Crippen LogP contribution is -1.85. The minimum absolute atomic E-state index is 0.768. The average molecular weight is 233 g/mol. The molecule has 0 aliphatic heterocycles. The fourth-order valence-corrected chi connectivity index (χ4v) is 2.52. The van der Waals surface area contributed by atoms with Crippen LogP contribution in [0.4, 0.5) is 0 Å². The Kier molecular flexibility index (Phi) is 6.76. The van der Waals surface area contributed by atoms with Crippen LogP contribution >= 0.6 is 11.8 Å². The molecular weight excluding hydrogens is 214 g/mol. The summed E-state index contributed by atoms with van der Waals surface area (Å²) in [7, 11) is 0. The molecule has 0 radical (unpaired) electrons. The molecule has 0 aliphatic carbocycles. The summed E-state index contributed by atoms with van der Waals surface area (Å²) >= 11 is 1.97. The van der Waals surface area contributed by atoms with Gasteiger partial charge < -0.3 is 0 Å². The maximum atomic E-state index is 8.77. The Morgan fingerprint density at radius 2 is 2.12 bits per heavy atom. The molecule has 0 atom stereocenters. The maximum absolute atomic E-state index is 8.77. The van der Waals surface area contributed by atoms with Gasteiger partial charge in [-0.2, -0.15) is 17.0 Å². The van der Waals surface area contributed by atoms with E-state index in [9.17, 15) is 0 Å². The Morgan fingerprint density at radius 3 is 2.88 bits per heavy atom. The molecule has 1 aromatic carbocycles. The van der Waals surface area contributed by atoms with Crippen molar-refractivity contribution in [2.45, 2.75) is 38.4 Å². The fourth-order valence-electron chi connectivity index (χ4n) is 1.55. The zero-order chi connectivity index (χ0) is 11.6. The molecule has 86 valence electrons. The van der Waals surface area contributed by atoms with E-state index in [4.69, 9.17) is 5.26 Å². The molecule has 1 rings (SSSR count). The van der Waals surface area contributed by atoms with Gasteiger partial charge in [0.05, 0.1) is 11.6 Å². The lowest BCUT2D eigenvalue weighted by Gasteiger charge is -2.02. The predicted molar refractivity (Wildman–Crippen MR) is 71.5 cm³/mol. The van der Waals surface area contributed by atoms with Gasteiger partial charge in [-0.3, -0.25) is 0 Å². The van der Waals surface area contributed by atoms with Crippen molar-refractivity contribution in [1.82, 2.24) is 0 Å². The van der Waals surface area contributed by atoms with Crippen LogP contribution in [0.3, 0.4) is 0 Å². The van der Waals surface area contributed by atoms with E-state index in [1.165, 1.54) is 37.0 Å². The van der Waals surface area contributed by atoms with Gasteiger partial charge in [0.2, 0.25) is 0 Å². The number of thioether (sulfide) groups is 1. The molecule has 0 saturated carbocycles. The third kappa shape index (κ3) is 5.23. The molecule has 0 aromatic heterocycles. The highest BCUT2D eigenvalue weighted by atomic mass is 32.2. The van der Waals surface area contributed by atoms with Crippen molar-refractivity contribution in [2.75, 3.05) is 5.75 Å². The molecule has 0 unspecified atom stereocenters. The number of hydrogen-bond acceptors (Lipinski definition) is 2. The van der Waals surface area contributed by atoms with Crippen molar-refractivity contribution in [2.24, 2.45) is 0 Å². The molecule has 0 amide bonds. The molecule has 2 heteroatoms. The van der Waals surface area contributed by atoms with Crippen LogP contribution < -0.4 is 0 Å². The standard InChI is InChI=1S/C14H19NS/c1-2-3-4-5-9-16-12-14-8-6-7-13(10-14)11-15/h6-8,10H,2-5,9,12H2,1H3. The van der Waals surface area contributed by atoms with E-state index in [0.29, 0.717) is 0 Å². The van der Waals surface area contributed by atoms with Crippen molar-refractivity contribution in [3.05, 3.63) is 35.4 Å². The number of benzene rings is 1. The number of hydrogen-bond donors (Lipinski definition) is 0. The Bertz CT molecular complexity index is 341. The third-order valence-corrected chi connectivity index (χ3v) is 3.58. The molecule has 0 bridgehead atoms. The van der Waals surface area contributed by atoms with Gasteiger partial charge in [-0.15, -0.1) is 0 Å². The van der Waals surface area contributed by atoms with Crippen LogP contribution in [0.2, 0.25) is 0 Å². The average Bonchev–Trinajstić information content (AvgIpc) is 2.34. The highest BCUT2D eigenvalue weighted by Gasteiger charge is 1.96. The van der Waals surface area contributed by atoms with Gasteiger partial charge in [0, 0.05) is 5.75 Å². The van der Waals surface area contributed by atoms with Gasteiger partial charge in [0.25, 0.3) is 0 Å². The van der Waals surface area contributed by atoms with Gasteiger partial charge in [0.1, 0.15) is 0 Å². The first-order valence-electron chi connectivity index (χ1n) is 5.93. The maximum Gasteiger partial charge on any atom is 0.0991 e. The predicted octanol–water partition coefficient (Wildman–Crippen LogP) is 4.37. The molecule has 0 spiro atoms. The lowest BCUT2D eigenvalue weighted by atomic mass is 10.2. The second-order valence-electron chi connectivity index (χ2n) is 3.93. The summed E-state index contributed by atoms with van der Waals surface area (Å²) in [5.74, 6) is 2.26. The minimum atomic E-state index is 0.768. The first kappa shape index (κ1) is 13.1. The Balaban J connectivity index is 2.19. The van der Waals surface area contributed by atoms with Crippen LogP contribution in [-0.2, 0) is 5.75 Å². The molecule has 0 fully saturated rings. The summed E-state index contributed by atoms with van der Waals surface area (Å²) in [6, 6.07) is 10.1. The lowest BCUT2D eigenvalue weighted by molar-refractivity contribution is 0.706. The quantitative estimate of drug-likeness (QED) is 0.653. The van der Waals surface area contributed by atoms with Crippen LogP contribution in [0.25, 0.3) is 0 Å². The zero-order valence-corrected chi connectivity index (χ0v) is 10.7. The van der Waals surface area contributed by atoms with Crippen molar-refractivity contribution < 1.29 is 0 Å². The highest BCUT2D eigenvalue weighted by molar-refractivity contribution is 7.98. The van der Waals surface area contributed by atoms with Crippen molar-refractivity contribution in [1.29, 1.82) is 5.26 Å². The third-order valence-electron chi connectivity index (χ3n) is 2.47. The van der Waals surface area contributed by atoms with E-state index in [1.807, 2.05) is 30.0 Å². The zero-order valence-electron chi connectivity index (χ0n) is 9.91. The molecule has 16 heavy (non-hydrogen) atoms. The van der Waals surface area contributed by atoms with Crippen molar-refractivity contribution in [3.63, 3.8) is 0 Å². The Labute approximate surface area is 103 Å². The molecule has 1 aromatic rings. The van der Waals surface area contributed by atoms with Gasteiger partial charge in [-0.1, -0.05) is 38.3 Å². The van der Waals surface area contributed by atoms with E-state index >= 15 is 0 Å². The van der Waals surface area contributed by atoms with E-state index in [1.54, 1.807) is 0 Å². The molecule has 1 nitrogen and oxygen atoms in total. The van der Waals surface area contributed by atoms with E-state index in [-0.39, 0.29) is 0 Å². The topological polar surface area (TPSA) is 23.8 Å². The number of unbranched alkanes of at least 4 members (excludes halogenated alkanes) is 3. The first-order chi connectivity index (χ1) is 7.86. The normalized spacial score (nSPS) is 10.0. The molecular formula is C14H19NS. The van der Waals surface area contributed by atoms with Crippen LogP contribution in [0.5, 0.6) is 0 Å². The fraction of sp³-hybridized carbons (Fsp3) is 0.500. The SMILES string of the molecule is CCCCCCSCc1cccc(C#N)c1. The monoisotopic (exact) mass is 233 g/mol. The summed E-state index contributed by atoms with van der Waals surface area (Å²) in [6.45, 7) is 2.24. The Morgan fingerprint density at radius 1 is 1.25 bits per heavy atom. The van der Waals surface area contributed by atoms with E-state index in [2.05, 4.69) is 19.1 Å². The molecule has 0 aliphatic rings. The minimum Gasteiger partial charge on any atom is -0.192 e. The van der Waals surface area contributed by atoms with Crippen molar-refractivity contribution >= 4 is 11.8 Å². The summed E-state index contributed by atoms with van der Waals surface area (Å²) in [6.07, 6.45) is 5.32. The largest absolute Gasteiger partial charge is 0.192 e. The van der Waals surface area contributed by atoms with Crippen LogP contribution in [-0.4, -0.2) is 5.75 Å². The number of nitrogens with zero attached hydrogens (tertiary/aromatic N) is 1. The van der Waals surface area contributed by atoms with E-state index < -0.39 is 0 Å². The second kappa shape index (κ2) is 8.24. The summed E-state index contributed by atoms with van der Waals surface area (Å²) in [4.78, 5) is 0. The van der Waals surface area contributed by atoms with Gasteiger partial charge in [-0.05, 0) is 29.9 Å². The summed E-state index contributed by atoms with van der Waals surface area (Å²) in [5.41, 5.74) is 2.03. The van der Waals surface area contributed by atoms with Crippen molar-refractivity contribution in [3.8, 4) is 6.07 Å². The highest BCUT2D eigenvalue weighted by Crippen LogP contribution is 2.15. The van der Waals surface area contributed by atoms with Crippen LogP contribution in [0, 0.1) is 11.3 Å². The summed E-state index contributed by atoms with van der Waals surface area (Å²) in [5, 5.41) is 8.77. The van der Waals surface area contributed by atoms with E-state index in [0.717, 1.165) is 11.3 Å². The second-order valence-corrected chi connectivity index (χ2v) is 5.03. The summed E-state index contributed by atoms with van der Waals surface area (Å²) < 4.78 is 0. The van der Waals surface area contributed by atoms with Crippen LogP contribution in [0.15, 0.2) is 24.3 Å². The van der Waals surface area contributed by atoms with Gasteiger partial charge >= 0.3 is 0 Å². The number of nitriles is 1. The van der Waals surface area contributed by atoms with Crippen LogP contribution in [0.1, 0.15) is 43.7 Å². The molecule has 0 saturated heterocycles. The molecule has 0 N–H and O–H groups in total. The van der Waals surface area contributed by atoms with Gasteiger partial charge in [0.15, 0.2) is 0 Å². The Hall–Kier alpha value is -0.940. The smallest absolute Gasteiger partial charge is 0.0991 e. The first-order valence-corrected chi connectivity index (χ1v) is 7.09. The number of rotatable bonds is 7.